The highest BCUT2D eigenvalue weighted by atomic mass is 32.2. The van der Waals surface area contributed by atoms with Crippen LogP contribution in [0.2, 0.25) is 0 Å². The van der Waals surface area contributed by atoms with Crippen LogP contribution in [-0.2, 0) is 0 Å². The number of thioether (sulfide) groups is 1. The van der Waals surface area contributed by atoms with Crippen LogP contribution in [0, 0.1) is 0 Å². The van der Waals surface area contributed by atoms with Crippen LogP contribution in [0.4, 0.5) is 0 Å². The average Bonchev–Trinajstić information content (AvgIpc) is 3.04. The Bertz CT molecular complexity index is 782. The molecular weight excluding hydrogens is 306 g/mol. The van der Waals surface area contributed by atoms with Crippen LogP contribution in [0.5, 0.6) is 5.75 Å². The molecular formula is C18H17N3OS. The van der Waals surface area contributed by atoms with Gasteiger partial charge in [0.2, 0.25) is 0 Å². The van der Waals surface area contributed by atoms with Crippen molar-refractivity contribution in [2.24, 2.45) is 0 Å². The third kappa shape index (κ3) is 3.29. The SMILES string of the molecule is C=CCSc1nnc(-c2ccccc2)n1-c1ccc(OC)cc1. The molecule has 0 spiro atoms. The smallest absolute Gasteiger partial charge is 0.196 e. The van der Waals surface area contributed by atoms with E-state index in [1.165, 1.54) is 0 Å². The van der Waals surface area contributed by atoms with Gasteiger partial charge in [-0.05, 0) is 24.3 Å². The van der Waals surface area contributed by atoms with E-state index in [1.807, 2.05) is 60.7 Å². The number of nitrogens with zero attached hydrogens (tertiary/aromatic N) is 3. The Labute approximate surface area is 139 Å². The minimum Gasteiger partial charge on any atom is -0.497 e. The number of hydrogen-bond acceptors (Lipinski definition) is 4. The molecule has 4 nitrogen and oxygen atoms in total. The van der Waals surface area contributed by atoms with Crippen molar-refractivity contribution in [3.05, 3.63) is 67.3 Å². The van der Waals surface area contributed by atoms with Crippen LogP contribution in [-0.4, -0.2) is 27.6 Å². The van der Waals surface area contributed by atoms with E-state index < -0.39 is 0 Å². The fourth-order valence-corrected chi connectivity index (χ4v) is 2.92. The van der Waals surface area contributed by atoms with Gasteiger partial charge in [-0.25, -0.2) is 0 Å². The zero-order valence-electron chi connectivity index (χ0n) is 12.8. The lowest BCUT2D eigenvalue weighted by Crippen LogP contribution is -1.99. The molecule has 23 heavy (non-hydrogen) atoms. The quantitative estimate of drug-likeness (QED) is 0.503. The molecule has 0 amide bonds. The summed E-state index contributed by atoms with van der Waals surface area (Å²) in [4.78, 5) is 0. The molecule has 0 atom stereocenters. The molecule has 0 aliphatic heterocycles. The zero-order valence-corrected chi connectivity index (χ0v) is 13.7. The third-order valence-electron chi connectivity index (χ3n) is 3.33. The van der Waals surface area contributed by atoms with E-state index in [0.29, 0.717) is 0 Å². The van der Waals surface area contributed by atoms with Gasteiger partial charge < -0.3 is 4.74 Å². The molecule has 1 aromatic heterocycles. The summed E-state index contributed by atoms with van der Waals surface area (Å²) in [5.74, 6) is 2.43. The second-order valence-electron chi connectivity index (χ2n) is 4.81. The maximum atomic E-state index is 5.24. The number of ether oxygens (including phenoxy) is 1. The van der Waals surface area contributed by atoms with E-state index in [9.17, 15) is 0 Å². The number of methoxy groups -OCH3 is 1. The Kier molecular flexibility index (Phi) is 4.78. The lowest BCUT2D eigenvalue weighted by Gasteiger charge is -2.10. The standard InChI is InChI=1S/C18H17N3OS/c1-3-13-23-18-20-19-17(14-7-5-4-6-8-14)21(18)15-9-11-16(22-2)12-10-15/h3-12H,1,13H2,2H3. The van der Waals surface area contributed by atoms with Crippen molar-refractivity contribution in [2.45, 2.75) is 5.16 Å². The van der Waals surface area contributed by atoms with Gasteiger partial charge in [-0.3, -0.25) is 4.57 Å². The summed E-state index contributed by atoms with van der Waals surface area (Å²) in [6.45, 7) is 3.77. The van der Waals surface area contributed by atoms with Gasteiger partial charge in [0.25, 0.3) is 0 Å². The van der Waals surface area contributed by atoms with Crippen molar-refractivity contribution in [3.8, 4) is 22.8 Å². The Morgan fingerprint density at radius 2 is 1.83 bits per heavy atom. The van der Waals surface area contributed by atoms with Gasteiger partial charge in [-0.15, -0.1) is 16.8 Å². The highest BCUT2D eigenvalue weighted by Crippen LogP contribution is 2.28. The van der Waals surface area contributed by atoms with Crippen molar-refractivity contribution < 1.29 is 4.74 Å². The van der Waals surface area contributed by atoms with Crippen molar-refractivity contribution >= 4 is 11.8 Å². The molecule has 116 valence electrons. The summed E-state index contributed by atoms with van der Waals surface area (Å²) in [6.07, 6.45) is 1.86. The molecule has 0 saturated carbocycles. The normalized spacial score (nSPS) is 10.5. The van der Waals surface area contributed by atoms with E-state index in [1.54, 1.807) is 18.9 Å². The van der Waals surface area contributed by atoms with Crippen molar-refractivity contribution in [2.75, 3.05) is 12.9 Å². The average molecular weight is 323 g/mol. The molecule has 2 aromatic carbocycles. The molecule has 0 bridgehead atoms. The van der Waals surface area contributed by atoms with Gasteiger partial charge in [0, 0.05) is 17.0 Å². The number of benzene rings is 2. The maximum Gasteiger partial charge on any atom is 0.196 e. The van der Waals surface area contributed by atoms with Crippen LogP contribution >= 0.6 is 11.8 Å². The Morgan fingerprint density at radius 3 is 2.48 bits per heavy atom. The van der Waals surface area contributed by atoms with Gasteiger partial charge >= 0.3 is 0 Å². The fourth-order valence-electron chi connectivity index (χ4n) is 2.24. The molecule has 3 aromatic rings. The first-order chi connectivity index (χ1) is 11.3. The Balaban J connectivity index is 2.10. The van der Waals surface area contributed by atoms with Gasteiger partial charge in [0.1, 0.15) is 5.75 Å². The largest absolute Gasteiger partial charge is 0.497 e. The second-order valence-corrected chi connectivity index (χ2v) is 5.79. The van der Waals surface area contributed by atoms with E-state index in [-0.39, 0.29) is 0 Å². The molecule has 0 fully saturated rings. The van der Waals surface area contributed by atoms with Crippen LogP contribution < -0.4 is 4.74 Å². The van der Waals surface area contributed by atoms with Crippen molar-refractivity contribution in [1.82, 2.24) is 14.8 Å². The summed E-state index contributed by atoms with van der Waals surface area (Å²) in [5.41, 5.74) is 2.03. The Morgan fingerprint density at radius 1 is 1.09 bits per heavy atom. The number of hydrogen-bond donors (Lipinski definition) is 0. The summed E-state index contributed by atoms with van der Waals surface area (Å²) in [5, 5.41) is 9.57. The molecule has 0 aliphatic rings. The lowest BCUT2D eigenvalue weighted by atomic mass is 10.2. The highest BCUT2D eigenvalue weighted by molar-refractivity contribution is 7.99. The molecule has 3 rings (SSSR count). The van der Waals surface area contributed by atoms with Crippen LogP contribution in [0.25, 0.3) is 17.1 Å². The fraction of sp³-hybridized carbons (Fsp3) is 0.111. The van der Waals surface area contributed by atoms with Crippen LogP contribution in [0.15, 0.2) is 72.4 Å². The monoisotopic (exact) mass is 323 g/mol. The third-order valence-corrected chi connectivity index (χ3v) is 4.25. The van der Waals surface area contributed by atoms with Gasteiger partial charge in [0.15, 0.2) is 11.0 Å². The predicted molar refractivity (Wildman–Crippen MR) is 94.3 cm³/mol. The van der Waals surface area contributed by atoms with Gasteiger partial charge in [0.05, 0.1) is 7.11 Å². The maximum absolute atomic E-state index is 5.24. The summed E-state index contributed by atoms with van der Waals surface area (Å²) < 4.78 is 7.30. The van der Waals surface area contributed by atoms with Crippen molar-refractivity contribution in [3.63, 3.8) is 0 Å². The summed E-state index contributed by atoms with van der Waals surface area (Å²) in [6, 6.07) is 17.9. The second kappa shape index (κ2) is 7.15. The molecule has 0 saturated heterocycles. The molecule has 0 aliphatic carbocycles. The first kappa shape index (κ1) is 15.4. The Hall–Kier alpha value is -2.53. The first-order valence-corrected chi connectivity index (χ1v) is 8.21. The lowest BCUT2D eigenvalue weighted by molar-refractivity contribution is 0.414. The minimum absolute atomic E-state index is 0.781. The molecule has 0 N–H and O–H groups in total. The first-order valence-electron chi connectivity index (χ1n) is 7.22. The summed E-state index contributed by atoms with van der Waals surface area (Å²) >= 11 is 1.61. The van der Waals surface area contributed by atoms with Crippen molar-refractivity contribution in [1.29, 1.82) is 0 Å². The van der Waals surface area contributed by atoms with Gasteiger partial charge in [-0.2, -0.15) is 0 Å². The molecule has 0 unspecified atom stereocenters. The topological polar surface area (TPSA) is 39.9 Å². The number of aromatic nitrogens is 3. The van der Waals surface area contributed by atoms with E-state index in [4.69, 9.17) is 4.74 Å². The molecule has 0 radical (unpaired) electrons. The summed E-state index contributed by atoms with van der Waals surface area (Å²) in [7, 11) is 1.66. The van der Waals surface area contributed by atoms with Gasteiger partial charge in [-0.1, -0.05) is 48.2 Å². The zero-order chi connectivity index (χ0) is 16.1. The highest BCUT2D eigenvalue weighted by Gasteiger charge is 2.15. The molecule has 1 heterocycles. The van der Waals surface area contributed by atoms with Crippen LogP contribution in [0.1, 0.15) is 0 Å². The van der Waals surface area contributed by atoms with E-state index in [2.05, 4.69) is 21.3 Å². The predicted octanol–water partition coefficient (Wildman–Crippen LogP) is 4.22. The number of rotatable bonds is 6. The van der Waals surface area contributed by atoms with Crippen LogP contribution in [0.3, 0.4) is 0 Å². The van der Waals surface area contributed by atoms with E-state index >= 15 is 0 Å². The minimum atomic E-state index is 0.781. The van der Waals surface area contributed by atoms with E-state index in [0.717, 1.165) is 33.7 Å². The molecule has 5 heteroatoms.